The lowest BCUT2D eigenvalue weighted by atomic mass is 9.89. The van der Waals surface area contributed by atoms with Crippen LogP contribution >= 0.6 is 0 Å². The first-order chi connectivity index (χ1) is 7.82. The van der Waals surface area contributed by atoms with Gasteiger partial charge in [0, 0.05) is 12.2 Å². The van der Waals surface area contributed by atoms with E-state index in [-0.39, 0.29) is 0 Å². The highest BCUT2D eigenvalue weighted by Gasteiger charge is 2.35. The Morgan fingerprint density at radius 1 is 1.38 bits per heavy atom. The molecule has 1 aromatic rings. The minimum atomic E-state index is -0.707. The zero-order valence-electron chi connectivity index (χ0n) is 9.70. The summed E-state index contributed by atoms with van der Waals surface area (Å²) in [5.41, 5.74) is 1.65. The van der Waals surface area contributed by atoms with Gasteiger partial charge in [-0.25, -0.2) is 0 Å². The summed E-state index contributed by atoms with van der Waals surface area (Å²) in [7, 11) is 0. The molecule has 0 N–H and O–H groups in total. The second kappa shape index (κ2) is 4.67. The molecule has 0 fully saturated rings. The lowest BCUT2D eigenvalue weighted by Crippen LogP contribution is -2.28. The molecule has 0 bridgehead atoms. The number of hydrogen-bond donors (Lipinski definition) is 0. The molecule has 1 unspecified atom stereocenters. The number of nitrogens with zero attached hydrogens (tertiary/aromatic N) is 1. The monoisotopic (exact) mass is 215 g/mol. The zero-order valence-corrected chi connectivity index (χ0v) is 9.70. The van der Waals surface area contributed by atoms with Gasteiger partial charge in [-0.3, -0.25) is 0 Å². The van der Waals surface area contributed by atoms with Crippen molar-refractivity contribution in [2.24, 2.45) is 0 Å². The van der Waals surface area contributed by atoms with E-state index in [1.165, 1.54) is 5.56 Å². The van der Waals surface area contributed by atoms with Crippen LogP contribution in [0.1, 0.15) is 37.3 Å². The Morgan fingerprint density at radius 3 is 2.94 bits per heavy atom. The van der Waals surface area contributed by atoms with Crippen molar-refractivity contribution in [2.45, 2.75) is 38.2 Å². The third kappa shape index (κ3) is 1.83. The van der Waals surface area contributed by atoms with Gasteiger partial charge in [0.15, 0.2) is 5.60 Å². The predicted octanol–water partition coefficient (Wildman–Crippen LogP) is 3.17. The van der Waals surface area contributed by atoms with E-state index in [0.717, 1.165) is 31.2 Å². The van der Waals surface area contributed by atoms with Gasteiger partial charge in [0.25, 0.3) is 0 Å². The Bertz CT molecular complexity index is 407. The van der Waals surface area contributed by atoms with Gasteiger partial charge in [0.2, 0.25) is 0 Å². The number of benzene rings is 1. The lowest BCUT2D eigenvalue weighted by Gasteiger charge is -2.27. The molecule has 0 radical (unpaired) electrons. The minimum absolute atomic E-state index is 0.585. The second-order valence-electron chi connectivity index (χ2n) is 4.24. The first-order valence-corrected chi connectivity index (χ1v) is 5.96. The number of hydrogen-bond acceptors (Lipinski definition) is 2. The second-order valence-corrected chi connectivity index (χ2v) is 4.24. The van der Waals surface area contributed by atoms with Gasteiger partial charge in [0.05, 0.1) is 0 Å². The van der Waals surface area contributed by atoms with Gasteiger partial charge < -0.3 is 4.74 Å². The fourth-order valence-electron chi connectivity index (χ4n) is 2.50. The molecule has 0 aliphatic heterocycles. The fourth-order valence-corrected chi connectivity index (χ4v) is 2.50. The van der Waals surface area contributed by atoms with Gasteiger partial charge >= 0.3 is 0 Å². The summed E-state index contributed by atoms with van der Waals surface area (Å²) in [6.45, 7) is 2.54. The van der Waals surface area contributed by atoms with Crippen LogP contribution < -0.4 is 0 Å². The summed E-state index contributed by atoms with van der Waals surface area (Å²) in [6, 6.07) is 10.6. The molecule has 0 spiro atoms. The van der Waals surface area contributed by atoms with Gasteiger partial charge in [-0.15, -0.1) is 0 Å². The first-order valence-electron chi connectivity index (χ1n) is 5.96. The molecular weight excluding hydrogens is 198 g/mol. The average molecular weight is 215 g/mol. The lowest BCUT2D eigenvalue weighted by molar-refractivity contribution is -0.00515. The van der Waals surface area contributed by atoms with Crippen LogP contribution in [0.3, 0.4) is 0 Å². The fraction of sp³-hybridized carbons (Fsp3) is 0.500. The molecule has 2 heteroatoms. The summed E-state index contributed by atoms with van der Waals surface area (Å²) in [5.74, 6) is 0. The van der Waals surface area contributed by atoms with Gasteiger partial charge in [-0.1, -0.05) is 24.3 Å². The molecule has 1 aliphatic rings. The molecule has 0 saturated carbocycles. The van der Waals surface area contributed by atoms with Crippen LogP contribution in [0.5, 0.6) is 0 Å². The maximum Gasteiger partial charge on any atom is 0.179 e. The van der Waals surface area contributed by atoms with Crippen molar-refractivity contribution in [3.63, 3.8) is 0 Å². The van der Waals surface area contributed by atoms with Crippen LogP contribution in [0.25, 0.3) is 0 Å². The average Bonchev–Trinajstić information content (AvgIpc) is 2.51. The van der Waals surface area contributed by atoms with Crippen LogP contribution in [0.15, 0.2) is 24.3 Å². The maximum atomic E-state index is 9.47. The van der Waals surface area contributed by atoms with Gasteiger partial charge in [-0.05, 0) is 38.2 Å². The molecule has 16 heavy (non-hydrogen) atoms. The smallest absolute Gasteiger partial charge is 0.179 e. The van der Waals surface area contributed by atoms with Crippen molar-refractivity contribution < 1.29 is 4.74 Å². The molecular formula is C14H17NO. The van der Waals surface area contributed by atoms with Crippen molar-refractivity contribution in [1.82, 2.24) is 0 Å². The van der Waals surface area contributed by atoms with E-state index in [4.69, 9.17) is 4.74 Å². The Morgan fingerprint density at radius 2 is 2.19 bits per heavy atom. The SMILES string of the molecule is CCOC1(C#N)CCCCc2ccccc21. The molecule has 2 nitrogen and oxygen atoms in total. The standard InChI is InChI=1S/C14H17NO/c1-2-16-14(11-15)10-6-5-8-12-7-3-4-9-13(12)14/h3-4,7,9H,2,5-6,8,10H2,1H3. The van der Waals surface area contributed by atoms with Crippen molar-refractivity contribution in [3.05, 3.63) is 35.4 Å². The van der Waals surface area contributed by atoms with E-state index >= 15 is 0 Å². The van der Waals surface area contributed by atoms with Crippen molar-refractivity contribution >= 4 is 0 Å². The maximum absolute atomic E-state index is 9.47. The van der Waals surface area contributed by atoms with E-state index in [1.807, 2.05) is 25.1 Å². The third-order valence-electron chi connectivity index (χ3n) is 3.25. The third-order valence-corrected chi connectivity index (χ3v) is 3.25. The summed E-state index contributed by atoms with van der Waals surface area (Å²) in [4.78, 5) is 0. The van der Waals surface area contributed by atoms with Gasteiger partial charge in [0.1, 0.15) is 6.07 Å². The largest absolute Gasteiger partial charge is 0.356 e. The summed E-state index contributed by atoms with van der Waals surface area (Å²) < 4.78 is 5.76. The van der Waals surface area contributed by atoms with Crippen molar-refractivity contribution in [2.75, 3.05) is 6.61 Å². The number of rotatable bonds is 2. The predicted molar refractivity (Wildman–Crippen MR) is 62.9 cm³/mol. The molecule has 1 aromatic carbocycles. The molecule has 0 heterocycles. The molecule has 84 valence electrons. The number of fused-ring (bicyclic) bond motifs is 1. The van der Waals surface area contributed by atoms with Crippen molar-refractivity contribution in [3.8, 4) is 6.07 Å². The molecule has 1 aliphatic carbocycles. The first kappa shape index (κ1) is 11.2. The minimum Gasteiger partial charge on any atom is -0.356 e. The van der Waals surface area contributed by atoms with E-state index in [9.17, 15) is 5.26 Å². The van der Waals surface area contributed by atoms with Crippen LogP contribution in [0.4, 0.5) is 0 Å². The van der Waals surface area contributed by atoms with E-state index in [1.54, 1.807) is 0 Å². The van der Waals surface area contributed by atoms with Crippen LogP contribution in [-0.4, -0.2) is 6.61 Å². The number of ether oxygens (including phenoxy) is 1. The highest BCUT2D eigenvalue weighted by molar-refractivity contribution is 5.38. The normalized spacial score (nSPS) is 24.2. The summed E-state index contributed by atoms with van der Waals surface area (Å²) in [6.07, 6.45) is 4.08. The Balaban J connectivity index is 2.50. The zero-order chi connectivity index (χ0) is 11.4. The molecule has 0 saturated heterocycles. The topological polar surface area (TPSA) is 33.0 Å². The molecule has 0 aromatic heterocycles. The Kier molecular flexibility index (Phi) is 3.26. The van der Waals surface area contributed by atoms with Crippen LogP contribution in [0, 0.1) is 11.3 Å². The highest BCUT2D eigenvalue weighted by atomic mass is 16.5. The van der Waals surface area contributed by atoms with Crippen LogP contribution in [0.2, 0.25) is 0 Å². The van der Waals surface area contributed by atoms with Crippen molar-refractivity contribution in [1.29, 1.82) is 5.26 Å². The molecule has 2 rings (SSSR count). The quantitative estimate of drug-likeness (QED) is 0.710. The Hall–Kier alpha value is -1.33. The van der Waals surface area contributed by atoms with Crippen LogP contribution in [-0.2, 0) is 16.8 Å². The van der Waals surface area contributed by atoms with E-state index < -0.39 is 5.60 Å². The summed E-state index contributed by atoms with van der Waals surface area (Å²) >= 11 is 0. The molecule has 1 atom stereocenters. The number of aryl methyl sites for hydroxylation is 1. The van der Waals surface area contributed by atoms with Gasteiger partial charge in [-0.2, -0.15) is 5.26 Å². The molecule has 0 amide bonds. The highest BCUT2D eigenvalue weighted by Crippen LogP contribution is 2.36. The number of nitriles is 1. The van der Waals surface area contributed by atoms with E-state index in [2.05, 4.69) is 12.1 Å². The Labute approximate surface area is 96.9 Å². The summed E-state index contributed by atoms with van der Waals surface area (Å²) in [5, 5.41) is 9.47. The van der Waals surface area contributed by atoms with E-state index in [0.29, 0.717) is 6.61 Å².